The number of hydrogen-bond donors (Lipinski definition) is 2. The highest BCUT2D eigenvalue weighted by molar-refractivity contribution is 7.14. The van der Waals surface area contributed by atoms with Crippen molar-refractivity contribution in [2.75, 3.05) is 30.7 Å². The molecule has 12 heteroatoms. The quantitative estimate of drug-likeness (QED) is 0.519. The molecule has 2 bridgehead atoms. The number of nitrogens with two attached hydrogens (primary N) is 1. The number of nitrogens with zero attached hydrogens (tertiary/aromatic N) is 4. The van der Waals surface area contributed by atoms with Crippen molar-refractivity contribution in [1.82, 2.24) is 15.2 Å². The van der Waals surface area contributed by atoms with Gasteiger partial charge in [0.2, 0.25) is 6.85 Å². The van der Waals surface area contributed by atoms with Gasteiger partial charge in [-0.15, -0.1) is 11.3 Å². The standard InChI is InChI=1S/C23H20BClF2N6OS/c1-3-17(26)20-12(15(8-28)21(29)35-20)6-13-16(25)7-14-19(18(13)27)30-23(34-2)31-22(14)33-9-11-4-5-24(10-33)32-11/h3,6-7,11,32H,1,4-5,9-10,29H2,2H3/b12-6+,20-17-. The molecule has 2 aromatic heterocycles. The summed E-state index contributed by atoms with van der Waals surface area (Å²) in [5.74, 6) is -0.862. The summed E-state index contributed by atoms with van der Waals surface area (Å²) in [5.41, 5.74) is 5.93. The van der Waals surface area contributed by atoms with E-state index in [4.69, 9.17) is 22.1 Å². The topological polar surface area (TPSA) is 100 Å². The molecule has 2 saturated heterocycles. The number of ether oxygens (including phenoxy) is 1. The van der Waals surface area contributed by atoms with E-state index in [0.717, 1.165) is 43.1 Å². The minimum atomic E-state index is -0.730. The van der Waals surface area contributed by atoms with Crippen molar-refractivity contribution in [2.24, 2.45) is 0 Å². The third kappa shape index (κ3) is 4.01. The number of hydrogen-bond acceptors (Lipinski definition) is 8. The summed E-state index contributed by atoms with van der Waals surface area (Å²) in [5, 5.41) is 13.9. The van der Waals surface area contributed by atoms with Crippen LogP contribution in [0.2, 0.25) is 11.3 Å². The normalized spacial score (nSPS) is 18.7. The van der Waals surface area contributed by atoms with Crippen LogP contribution in [-0.2, 0) is 0 Å². The summed E-state index contributed by atoms with van der Waals surface area (Å²) >= 11 is 7.44. The summed E-state index contributed by atoms with van der Waals surface area (Å²) in [6.45, 7) is 4.49. The Morgan fingerprint density at radius 3 is 3.00 bits per heavy atom. The molecule has 2 aliphatic rings. The summed E-state index contributed by atoms with van der Waals surface area (Å²) in [6, 6.07) is 3.91. The predicted molar refractivity (Wildman–Crippen MR) is 136 cm³/mol. The van der Waals surface area contributed by atoms with E-state index in [1.54, 1.807) is 6.07 Å². The van der Waals surface area contributed by atoms with Crippen LogP contribution in [-0.4, -0.2) is 43.0 Å². The molecule has 3 aromatic rings. The van der Waals surface area contributed by atoms with Crippen molar-refractivity contribution in [3.05, 3.63) is 50.4 Å². The van der Waals surface area contributed by atoms with Gasteiger partial charge in [0, 0.05) is 35.2 Å². The SMILES string of the molecule is C=C/C(F)=c1/sc(N)c(C#N)/c1=C\c1c(Cl)cc2c(N3CB4CCC(C3)N4)nc(OC)nc2c1F. The Morgan fingerprint density at radius 2 is 2.31 bits per heavy atom. The Kier molecular flexibility index (Phi) is 6.13. The molecule has 35 heavy (non-hydrogen) atoms. The number of anilines is 2. The Morgan fingerprint density at radius 1 is 1.51 bits per heavy atom. The Bertz CT molecular complexity index is 1530. The number of thiophene rings is 1. The van der Waals surface area contributed by atoms with Gasteiger partial charge in [0.1, 0.15) is 28.2 Å². The van der Waals surface area contributed by atoms with Gasteiger partial charge in [-0.3, -0.25) is 0 Å². The van der Waals surface area contributed by atoms with Crippen LogP contribution >= 0.6 is 22.9 Å². The number of nitrogens with one attached hydrogen (secondary N) is 1. The lowest BCUT2D eigenvalue weighted by atomic mass is 9.61. The highest BCUT2D eigenvalue weighted by atomic mass is 35.5. The van der Waals surface area contributed by atoms with Gasteiger partial charge < -0.3 is 20.6 Å². The second kappa shape index (κ2) is 9.11. The number of halogens is 3. The second-order valence-corrected chi connectivity index (χ2v) is 9.91. The van der Waals surface area contributed by atoms with Gasteiger partial charge in [-0.25, -0.2) is 8.78 Å². The molecule has 0 radical (unpaired) electrons. The van der Waals surface area contributed by atoms with Crippen LogP contribution in [0, 0.1) is 17.1 Å². The van der Waals surface area contributed by atoms with Gasteiger partial charge in [-0.1, -0.05) is 24.5 Å². The van der Waals surface area contributed by atoms with Crippen LogP contribution in [0.25, 0.3) is 22.8 Å². The number of fused-ring (bicyclic) bond motifs is 3. The molecular weight excluding hydrogens is 493 g/mol. The van der Waals surface area contributed by atoms with Gasteiger partial charge in [-0.05, 0) is 24.6 Å². The molecule has 2 aliphatic heterocycles. The van der Waals surface area contributed by atoms with Crippen LogP contribution < -0.4 is 30.3 Å². The highest BCUT2D eigenvalue weighted by Gasteiger charge is 2.36. The van der Waals surface area contributed by atoms with Crippen LogP contribution in [0.5, 0.6) is 6.01 Å². The van der Waals surface area contributed by atoms with Gasteiger partial charge >= 0.3 is 6.01 Å². The molecule has 0 saturated carbocycles. The van der Waals surface area contributed by atoms with Gasteiger partial charge in [0.05, 0.1) is 22.2 Å². The average Bonchev–Trinajstić information content (AvgIpc) is 3.37. The maximum Gasteiger partial charge on any atom is 0.318 e. The lowest BCUT2D eigenvalue weighted by Crippen LogP contribution is -2.54. The molecule has 1 aromatic carbocycles. The molecule has 7 nitrogen and oxygen atoms in total. The predicted octanol–water partition coefficient (Wildman–Crippen LogP) is 2.75. The number of rotatable bonds is 4. The van der Waals surface area contributed by atoms with E-state index in [9.17, 15) is 9.65 Å². The summed E-state index contributed by atoms with van der Waals surface area (Å²) in [6.07, 6.45) is 5.19. The van der Waals surface area contributed by atoms with Crippen LogP contribution in [0.1, 0.15) is 17.5 Å². The first kappa shape index (κ1) is 23.5. The number of benzene rings is 1. The summed E-state index contributed by atoms with van der Waals surface area (Å²) in [7, 11) is 1.42. The van der Waals surface area contributed by atoms with Crippen LogP contribution in [0.15, 0.2) is 18.7 Å². The fourth-order valence-electron chi connectivity index (χ4n) is 4.74. The van der Waals surface area contributed by atoms with Crippen molar-refractivity contribution >= 4 is 63.4 Å². The van der Waals surface area contributed by atoms with Gasteiger partial charge in [0.25, 0.3) is 0 Å². The summed E-state index contributed by atoms with van der Waals surface area (Å²) < 4.78 is 35.8. The van der Waals surface area contributed by atoms with Crippen molar-refractivity contribution in [3.8, 4) is 12.1 Å². The first-order valence-electron chi connectivity index (χ1n) is 10.9. The smallest absolute Gasteiger partial charge is 0.318 e. The largest absolute Gasteiger partial charge is 0.467 e. The molecule has 0 spiro atoms. The van der Waals surface area contributed by atoms with E-state index in [1.807, 2.05) is 6.07 Å². The lowest BCUT2D eigenvalue weighted by molar-refractivity contribution is 0.381. The minimum Gasteiger partial charge on any atom is -0.467 e. The monoisotopic (exact) mass is 512 g/mol. The third-order valence-corrected chi connectivity index (χ3v) is 7.70. The van der Waals surface area contributed by atoms with E-state index in [0.29, 0.717) is 24.1 Å². The fraction of sp³-hybridized carbons (Fsp3) is 0.261. The number of nitriles is 1. The van der Waals surface area contributed by atoms with Gasteiger partial charge in [0.15, 0.2) is 5.82 Å². The number of aromatic nitrogens is 2. The maximum absolute atomic E-state index is 16.0. The summed E-state index contributed by atoms with van der Waals surface area (Å²) in [4.78, 5) is 10.9. The molecule has 5 rings (SSSR count). The second-order valence-electron chi connectivity index (χ2n) is 8.45. The van der Waals surface area contributed by atoms with Crippen molar-refractivity contribution < 1.29 is 13.5 Å². The zero-order valence-corrected chi connectivity index (χ0v) is 20.3. The molecular formula is C23H20BClF2N6OS. The van der Waals surface area contributed by atoms with Crippen molar-refractivity contribution in [3.63, 3.8) is 0 Å². The fourth-order valence-corrected chi connectivity index (χ4v) is 5.91. The van der Waals surface area contributed by atoms with Crippen molar-refractivity contribution in [2.45, 2.75) is 18.8 Å². The number of nitrogen functional groups attached to an aromatic ring is 1. The molecule has 1 atom stereocenters. The molecule has 0 amide bonds. The highest BCUT2D eigenvalue weighted by Crippen LogP contribution is 2.35. The maximum atomic E-state index is 16.0. The van der Waals surface area contributed by atoms with E-state index >= 15 is 4.39 Å². The molecule has 1 unspecified atom stereocenters. The Labute approximate surface area is 209 Å². The zero-order valence-electron chi connectivity index (χ0n) is 18.7. The van der Waals surface area contributed by atoms with E-state index in [1.165, 1.54) is 13.2 Å². The van der Waals surface area contributed by atoms with Crippen LogP contribution in [0.4, 0.5) is 19.6 Å². The first-order valence-corrected chi connectivity index (χ1v) is 12.1. The number of methoxy groups -OCH3 is 1. The average molecular weight is 513 g/mol. The Hall–Kier alpha value is -3.20. The molecule has 0 aliphatic carbocycles. The lowest BCUT2D eigenvalue weighted by Gasteiger charge is -2.33. The Balaban J connectivity index is 1.77. The molecule has 2 fully saturated rings. The zero-order chi connectivity index (χ0) is 24.9. The molecule has 178 valence electrons. The minimum absolute atomic E-state index is 0.0183. The van der Waals surface area contributed by atoms with Crippen LogP contribution in [0.3, 0.4) is 0 Å². The first-order chi connectivity index (χ1) is 16.8. The molecule has 4 heterocycles. The third-order valence-electron chi connectivity index (χ3n) is 6.35. The van der Waals surface area contributed by atoms with E-state index in [-0.39, 0.29) is 42.4 Å². The van der Waals surface area contributed by atoms with E-state index < -0.39 is 11.6 Å². The van der Waals surface area contributed by atoms with Crippen molar-refractivity contribution in [1.29, 1.82) is 5.26 Å². The van der Waals surface area contributed by atoms with Gasteiger partial charge in [-0.2, -0.15) is 15.2 Å². The molecule has 3 N–H and O–H groups in total. The van der Waals surface area contributed by atoms with E-state index in [2.05, 4.69) is 26.7 Å². The number of allylic oxidation sites excluding steroid dienone is 1.